The van der Waals surface area contributed by atoms with Crippen molar-refractivity contribution in [1.82, 2.24) is 0 Å². The molecule has 1 aromatic carbocycles. The van der Waals surface area contributed by atoms with Gasteiger partial charge in [0.25, 0.3) is 0 Å². The van der Waals surface area contributed by atoms with Crippen LogP contribution in [0.1, 0.15) is 90.0 Å². The predicted octanol–water partition coefficient (Wildman–Crippen LogP) is 5.97. The van der Waals surface area contributed by atoms with Crippen molar-refractivity contribution in [1.29, 1.82) is 0 Å². The van der Waals surface area contributed by atoms with Gasteiger partial charge in [0.1, 0.15) is 24.4 Å². The molecule has 3 aliphatic heterocycles. The van der Waals surface area contributed by atoms with Gasteiger partial charge in [0.05, 0.1) is 7.11 Å². The van der Waals surface area contributed by atoms with E-state index in [0.717, 1.165) is 56.9 Å². The lowest BCUT2D eigenvalue weighted by atomic mass is 9.83. The molecule has 2 spiro atoms. The lowest BCUT2D eigenvalue weighted by Gasteiger charge is -2.36. The molecule has 0 aromatic heterocycles. The highest BCUT2D eigenvalue weighted by Gasteiger charge is 2.63. The van der Waals surface area contributed by atoms with Gasteiger partial charge in [0, 0.05) is 38.3 Å². The van der Waals surface area contributed by atoms with Crippen LogP contribution in [0.3, 0.4) is 0 Å². The van der Waals surface area contributed by atoms with E-state index in [9.17, 15) is 4.79 Å². The predicted molar refractivity (Wildman–Crippen MR) is 154 cm³/mol. The molecule has 2 saturated carbocycles. The number of carbonyl (C=O) groups excluding carboxylic acids is 1. The van der Waals surface area contributed by atoms with E-state index in [1.54, 1.807) is 6.21 Å². The highest BCUT2D eigenvalue weighted by molar-refractivity contribution is 5.84. The van der Waals surface area contributed by atoms with Crippen LogP contribution in [0.4, 0.5) is 0 Å². The Kier molecular flexibility index (Phi) is 8.40. The molecule has 0 amide bonds. The molecule has 3 heterocycles. The quantitative estimate of drug-likeness (QED) is 0.296. The molecule has 3 saturated heterocycles. The van der Waals surface area contributed by atoms with Crippen LogP contribution in [-0.4, -0.2) is 67.1 Å². The number of esters is 1. The van der Waals surface area contributed by atoms with Crippen LogP contribution in [0, 0.1) is 5.92 Å². The van der Waals surface area contributed by atoms with Crippen molar-refractivity contribution in [3.8, 4) is 0 Å². The Labute approximate surface area is 243 Å². The number of rotatable bonds is 7. The minimum atomic E-state index is -1.12. The first-order valence-corrected chi connectivity index (χ1v) is 15.6. The molecule has 224 valence electrons. The van der Waals surface area contributed by atoms with Crippen LogP contribution >= 0.6 is 0 Å². The van der Waals surface area contributed by atoms with Gasteiger partial charge in [-0.2, -0.15) is 0 Å². The number of nitrogens with zero attached hydrogens (tertiary/aromatic N) is 1. The van der Waals surface area contributed by atoms with E-state index in [0.29, 0.717) is 6.42 Å². The van der Waals surface area contributed by atoms with Crippen molar-refractivity contribution >= 4 is 18.3 Å². The Hall–Kier alpha value is -2.10. The molecule has 2 aliphatic carbocycles. The molecule has 8 heteroatoms. The van der Waals surface area contributed by atoms with Crippen LogP contribution in [0.25, 0.3) is 6.08 Å². The average Bonchev–Trinajstić information content (AvgIpc) is 3.53. The summed E-state index contributed by atoms with van der Waals surface area (Å²) >= 11 is 0. The minimum Gasteiger partial charge on any atom is -0.467 e. The number of hydrogen-bond donors (Lipinski definition) is 0. The molecule has 5 aliphatic rings. The third kappa shape index (κ3) is 5.66. The van der Waals surface area contributed by atoms with Crippen LogP contribution in [0.5, 0.6) is 0 Å². The Morgan fingerprint density at radius 2 is 1.54 bits per heavy atom. The van der Waals surface area contributed by atoms with Crippen LogP contribution in [0.15, 0.2) is 41.4 Å². The molecule has 0 unspecified atom stereocenters. The normalized spacial score (nSPS) is 33.8. The summed E-state index contributed by atoms with van der Waals surface area (Å²) in [5, 5.41) is 0. The van der Waals surface area contributed by atoms with Gasteiger partial charge in [-0.1, -0.05) is 69.2 Å². The zero-order valence-electron chi connectivity index (χ0n) is 24.7. The second-order valence-corrected chi connectivity index (χ2v) is 12.6. The molecule has 5 fully saturated rings. The number of hydrogen-bond acceptors (Lipinski definition) is 8. The Balaban J connectivity index is 1.29. The van der Waals surface area contributed by atoms with Gasteiger partial charge in [0.15, 0.2) is 23.4 Å². The fraction of sp³-hybridized carbons (Fsp3) is 0.697. The largest absolute Gasteiger partial charge is 0.467 e. The first-order chi connectivity index (χ1) is 19.9. The second kappa shape index (κ2) is 11.9. The van der Waals surface area contributed by atoms with Gasteiger partial charge in [-0.25, -0.2) is 4.79 Å². The molecule has 0 bridgehead atoms. The van der Waals surface area contributed by atoms with E-state index in [-0.39, 0.29) is 24.1 Å². The molecule has 6 atom stereocenters. The third-order valence-corrected chi connectivity index (χ3v) is 9.63. The van der Waals surface area contributed by atoms with E-state index in [2.05, 4.69) is 0 Å². The van der Waals surface area contributed by atoms with Crippen molar-refractivity contribution < 1.29 is 33.2 Å². The summed E-state index contributed by atoms with van der Waals surface area (Å²) in [6, 6.07) is 10.0. The fourth-order valence-electron chi connectivity index (χ4n) is 7.24. The van der Waals surface area contributed by atoms with E-state index in [1.807, 2.05) is 56.3 Å². The molecule has 0 N–H and O–H groups in total. The van der Waals surface area contributed by atoms with Gasteiger partial charge < -0.3 is 28.4 Å². The minimum absolute atomic E-state index is 0.124. The molecular weight excluding hydrogens is 522 g/mol. The highest BCUT2D eigenvalue weighted by Crippen LogP contribution is 2.50. The number of aliphatic imine (C=N–C) groups is 1. The Morgan fingerprint density at radius 1 is 0.927 bits per heavy atom. The van der Waals surface area contributed by atoms with Gasteiger partial charge in [-0.05, 0) is 37.2 Å². The van der Waals surface area contributed by atoms with E-state index < -0.39 is 35.6 Å². The Morgan fingerprint density at radius 3 is 2.17 bits per heavy atom. The highest BCUT2D eigenvalue weighted by atomic mass is 16.9. The molecule has 0 radical (unpaired) electrons. The summed E-state index contributed by atoms with van der Waals surface area (Å²) < 4.78 is 38.6. The zero-order valence-corrected chi connectivity index (χ0v) is 24.7. The summed E-state index contributed by atoms with van der Waals surface area (Å²) in [6.45, 7) is 4.00. The standard InChI is InChI=1S/C33H45NO7/c1-23(2)33(30(35)36-3,21-13-16-24-14-7-4-8-15-24)34-22-25-26-27(39-31(38-26)17-9-5-10-18-31)28-29(37-25)41-32(40-28)19-11-6-12-20-32/h4,7-8,13-16,22-23,25-29H,5-6,9-12,17-21H2,1-3H3/b16-13+,34-22?/t25-,26+,27+,28-,29-,33+/m1/s1. The molecular formula is C33H45NO7. The lowest BCUT2D eigenvalue weighted by molar-refractivity contribution is -0.240. The molecule has 8 nitrogen and oxygen atoms in total. The van der Waals surface area contributed by atoms with Crippen LogP contribution < -0.4 is 0 Å². The first-order valence-electron chi connectivity index (χ1n) is 15.6. The zero-order chi connectivity index (χ0) is 28.5. The lowest BCUT2D eigenvalue weighted by Crippen LogP contribution is -2.56. The van der Waals surface area contributed by atoms with Crippen molar-refractivity contribution in [2.75, 3.05) is 7.11 Å². The van der Waals surface area contributed by atoms with Crippen LogP contribution in [0.2, 0.25) is 0 Å². The topological polar surface area (TPSA) is 84.8 Å². The smallest absolute Gasteiger partial charge is 0.334 e. The van der Waals surface area contributed by atoms with Crippen molar-refractivity contribution in [2.24, 2.45) is 10.9 Å². The second-order valence-electron chi connectivity index (χ2n) is 12.6. The number of benzene rings is 1. The molecule has 1 aromatic rings. The maximum Gasteiger partial charge on any atom is 0.334 e. The van der Waals surface area contributed by atoms with Crippen molar-refractivity contribution in [2.45, 2.75) is 132 Å². The first kappa shape index (κ1) is 29.0. The van der Waals surface area contributed by atoms with Crippen LogP contribution in [-0.2, 0) is 33.2 Å². The maximum atomic E-state index is 13.3. The fourth-order valence-corrected chi connectivity index (χ4v) is 7.24. The third-order valence-electron chi connectivity index (χ3n) is 9.63. The molecule has 6 rings (SSSR count). The SMILES string of the molecule is COC(=O)[C@@](C/C=C/c1ccccc1)(N=C[C@H]1O[C@@H]2OC3(CCCCC3)O[C@@H]2[C@H]2OC3(CCCCC3)O[C@H]21)C(C)C. The number of methoxy groups -OCH3 is 1. The maximum absolute atomic E-state index is 13.3. The summed E-state index contributed by atoms with van der Waals surface area (Å²) in [6.07, 6.45) is 14.1. The van der Waals surface area contributed by atoms with Crippen molar-refractivity contribution in [3.63, 3.8) is 0 Å². The van der Waals surface area contributed by atoms with Gasteiger partial charge >= 0.3 is 5.97 Å². The number of fused-ring (bicyclic) bond motifs is 3. The van der Waals surface area contributed by atoms with Gasteiger partial charge in [-0.15, -0.1) is 0 Å². The number of ether oxygens (including phenoxy) is 6. The summed E-state index contributed by atoms with van der Waals surface area (Å²) in [7, 11) is 1.42. The van der Waals surface area contributed by atoms with Gasteiger partial charge in [0.2, 0.25) is 0 Å². The van der Waals surface area contributed by atoms with Crippen molar-refractivity contribution in [3.05, 3.63) is 42.0 Å². The van der Waals surface area contributed by atoms with Gasteiger partial charge in [-0.3, -0.25) is 4.99 Å². The summed E-state index contributed by atoms with van der Waals surface area (Å²) in [4.78, 5) is 18.3. The monoisotopic (exact) mass is 567 g/mol. The molecule has 41 heavy (non-hydrogen) atoms. The van der Waals surface area contributed by atoms with E-state index >= 15 is 0 Å². The summed E-state index contributed by atoms with van der Waals surface area (Å²) in [5.74, 6) is -1.74. The Bertz CT molecular complexity index is 1110. The number of carbonyl (C=O) groups is 1. The van der Waals surface area contributed by atoms with E-state index in [4.69, 9.17) is 33.4 Å². The average molecular weight is 568 g/mol. The summed E-state index contributed by atoms with van der Waals surface area (Å²) in [5.41, 5.74) is -0.0529. The van der Waals surface area contributed by atoms with E-state index in [1.165, 1.54) is 20.0 Å².